The number of aromatic nitrogens is 1. The van der Waals surface area contributed by atoms with E-state index in [1.54, 1.807) is 0 Å². The Balaban J connectivity index is 2.31. The number of rotatable bonds is 2. The van der Waals surface area contributed by atoms with E-state index in [-0.39, 0.29) is 0 Å². The van der Waals surface area contributed by atoms with Crippen molar-refractivity contribution < 1.29 is 4.79 Å². The molecule has 3 rings (SSSR count). The average Bonchev–Trinajstić information content (AvgIpc) is 2.65. The van der Waals surface area contributed by atoms with Gasteiger partial charge in [0, 0.05) is 27.5 Å². The van der Waals surface area contributed by atoms with Gasteiger partial charge in [-0.3, -0.25) is 4.79 Å². The number of benzene rings is 2. The second-order valence-corrected chi connectivity index (χ2v) is 4.20. The van der Waals surface area contributed by atoms with Crippen molar-refractivity contribution in [3.63, 3.8) is 0 Å². The fourth-order valence-electron chi connectivity index (χ4n) is 2.18. The number of aromatic amines is 1. The predicted molar refractivity (Wildman–Crippen MR) is 70.2 cm³/mol. The van der Waals surface area contributed by atoms with Crippen molar-refractivity contribution in [1.82, 2.24) is 4.98 Å². The summed E-state index contributed by atoms with van der Waals surface area (Å²) >= 11 is 0. The highest BCUT2D eigenvalue weighted by Gasteiger charge is 2.04. The van der Waals surface area contributed by atoms with E-state index in [0.717, 1.165) is 16.7 Å². The lowest BCUT2D eigenvalue weighted by atomic mass is 10.1. The molecule has 0 bridgehead atoms. The molecule has 84 valence electrons. The number of nitrogens with one attached hydrogen (secondary N) is 2. The molecule has 0 saturated carbocycles. The molecular weight excluding hydrogens is 212 g/mol. The van der Waals surface area contributed by atoms with Crippen LogP contribution in [0.2, 0.25) is 0 Å². The summed E-state index contributed by atoms with van der Waals surface area (Å²) in [4.78, 5) is 13.8. The molecule has 0 radical (unpaired) electrons. The second kappa shape index (κ2) is 3.63. The Bertz CT molecular complexity index is 713. The van der Waals surface area contributed by atoms with Crippen LogP contribution >= 0.6 is 0 Å². The van der Waals surface area contributed by atoms with Crippen LogP contribution in [0.3, 0.4) is 0 Å². The lowest BCUT2D eigenvalue weighted by Crippen LogP contribution is -1.92. The van der Waals surface area contributed by atoms with E-state index >= 15 is 0 Å². The zero-order valence-electron chi connectivity index (χ0n) is 9.45. The molecule has 0 atom stereocenters. The molecule has 2 aromatic carbocycles. The van der Waals surface area contributed by atoms with E-state index in [2.05, 4.69) is 35.4 Å². The smallest absolute Gasteiger partial charge is 0.211 e. The van der Waals surface area contributed by atoms with E-state index in [4.69, 9.17) is 0 Å². The van der Waals surface area contributed by atoms with Gasteiger partial charge in [0.15, 0.2) is 0 Å². The Labute approximate surface area is 98.4 Å². The summed E-state index contributed by atoms with van der Waals surface area (Å²) in [6.07, 6.45) is 0.688. The van der Waals surface area contributed by atoms with Crippen LogP contribution in [0.1, 0.15) is 5.56 Å². The lowest BCUT2D eigenvalue weighted by molar-refractivity contribution is -0.105. The van der Waals surface area contributed by atoms with Gasteiger partial charge in [-0.1, -0.05) is 18.2 Å². The number of anilines is 1. The highest BCUT2D eigenvalue weighted by atomic mass is 16.1. The summed E-state index contributed by atoms with van der Waals surface area (Å²) in [5, 5.41) is 5.04. The zero-order valence-corrected chi connectivity index (χ0v) is 9.45. The number of fused-ring (bicyclic) bond motifs is 3. The minimum Gasteiger partial charge on any atom is -0.354 e. The van der Waals surface area contributed by atoms with Gasteiger partial charge in [0.1, 0.15) is 0 Å². The first-order chi connectivity index (χ1) is 8.28. The van der Waals surface area contributed by atoms with Gasteiger partial charge in [-0.2, -0.15) is 0 Å². The van der Waals surface area contributed by atoms with Crippen molar-refractivity contribution in [3.05, 3.63) is 42.0 Å². The molecule has 0 aliphatic rings. The maximum absolute atomic E-state index is 10.4. The molecule has 1 amide bonds. The molecule has 3 nitrogen and oxygen atoms in total. The third-order valence-electron chi connectivity index (χ3n) is 2.98. The molecule has 0 aliphatic carbocycles. The zero-order chi connectivity index (χ0) is 11.8. The molecule has 0 saturated heterocycles. The molecule has 0 spiro atoms. The van der Waals surface area contributed by atoms with Gasteiger partial charge in [0.25, 0.3) is 0 Å². The minimum atomic E-state index is 0.688. The Morgan fingerprint density at radius 2 is 1.76 bits per heavy atom. The molecule has 1 aromatic heterocycles. The summed E-state index contributed by atoms with van der Waals surface area (Å²) in [5.74, 6) is 0. The SMILES string of the molecule is Cc1ccc2c(c1)[nH]c1cc(NC=O)ccc12. The van der Waals surface area contributed by atoms with Crippen LogP contribution in [0.25, 0.3) is 21.8 Å². The molecule has 0 aliphatic heterocycles. The van der Waals surface area contributed by atoms with E-state index in [1.165, 1.54) is 16.3 Å². The topological polar surface area (TPSA) is 44.9 Å². The lowest BCUT2D eigenvalue weighted by Gasteiger charge is -1.97. The number of amides is 1. The van der Waals surface area contributed by atoms with E-state index in [9.17, 15) is 4.79 Å². The molecule has 3 heteroatoms. The van der Waals surface area contributed by atoms with Crippen LogP contribution in [0.15, 0.2) is 36.4 Å². The summed E-state index contributed by atoms with van der Waals surface area (Å²) in [5.41, 5.74) is 4.20. The van der Waals surface area contributed by atoms with Crippen molar-refractivity contribution in [1.29, 1.82) is 0 Å². The van der Waals surface area contributed by atoms with Crippen LogP contribution in [0.5, 0.6) is 0 Å². The quantitative estimate of drug-likeness (QED) is 0.645. The number of hydrogen-bond donors (Lipinski definition) is 2. The van der Waals surface area contributed by atoms with E-state index in [0.29, 0.717) is 6.41 Å². The third-order valence-corrected chi connectivity index (χ3v) is 2.98. The summed E-state index contributed by atoms with van der Waals surface area (Å²) in [6.45, 7) is 2.07. The van der Waals surface area contributed by atoms with Crippen molar-refractivity contribution in [2.45, 2.75) is 6.92 Å². The van der Waals surface area contributed by atoms with Crippen LogP contribution in [-0.4, -0.2) is 11.4 Å². The molecule has 3 aromatic rings. The summed E-state index contributed by atoms with van der Waals surface area (Å²) in [7, 11) is 0. The monoisotopic (exact) mass is 224 g/mol. The highest BCUT2D eigenvalue weighted by Crippen LogP contribution is 2.27. The average molecular weight is 224 g/mol. The molecule has 2 N–H and O–H groups in total. The van der Waals surface area contributed by atoms with E-state index in [1.807, 2.05) is 18.2 Å². The minimum absolute atomic E-state index is 0.688. The first kappa shape index (κ1) is 9.90. The first-order valence-corrected chi connectivity index (χ1v) is 5.50. The van der Waals surface area contributed by atoms with Crippen molar-refractivity contribution in [2.24, 2.45) is 0 Å². The Morgan fingerprint density at radius 3 is 2.53 bits per heavy atom. The van der Waals surface area contributed by atoms with Gasteiger partial charge in [0.05, 0.1) is 0 Å². The van der Waals surface area contributed by atoms with Gasteiger partial charge >= 0.3 is 0 Å². The number of aryl methyl sites for hydroxylation is 1. The Morgan fingerprint density at radius 1 is 1.06 bits per heavy atom. The van der Waals surface area contributed by atoms with Crippen LogP contribution < -0.4 is 5.32 Å². The number of H-pyrrole nitrogens is 1. The van der Waals surface area contributed by atoms with Gasteiger partial charge < -0.3 is 10.3 Å². The van der Waals surface area contributed by atoms with E-state index < -0.39 is 0 Å². The Kier molecular flexibility index (Phi) is 2.11. The number of hydrogen-bond acceptors (Lipinski definition) is 1. The molecule has 1 heterocycles. The second-order valence-electron chi connectivity index (χ2n) is 4.20. The maximum atomic E-state index is 10.4. The van der Waals surface area contributed by atoms with Crippen LogP contribution in [0.4, 0.5) is 5.69 Å². The largest absolute Gasteiger partial charge is 0.354 e. The van der Waals surface area contributed by atoms with Gasteiger partial charge in [-0.25, -0.2) is 0 Å². The van der Waals surface area contributed by atoms with Gasteiger partial charge in [-0.05, 0) is 30.7 Å². The van der Waals surface area contributed by atoms with Crippen LogP contribution in [-0.2, 0) is 4.79 Å². The third kappa shape index (κ3) is 1.56. The summed E-state index contributed by atoms with van der Waals surface area (Å²) in [6, 6.07) is 12.2. The summed E-state index contributed by atoms with van der Waals surface area (Å²) < 4.78 is 0. The fourth-order valence-corrected chi connectivity index (χ4v) is 2.18. The van der Waals surface area contributed by atoms with Crippen molar-refractivity contribution in [2.75, 3.05) is 5.32 Å². The van der Waals surface area contributed by atoms with Crippen LogP contribution in [0, 0.1) is 6.92 Å². The highest BCUT2D eigenvalue weighted by molar-refractivity contribution is 6.08. The normalized spacial score (nSPS) is 10.9. The Hall–Kier alpha value is -2.29. The van der Waals surface area contributed by atoms with Gasteiger partial charge in [-0.15, -0.1) is 0 Å². The molecule has 0 fully saturated rings. The fraction of sp³-hybridized carbons (Fsp3) is 0.0714. The van der Waals surface area contributed by atoms with Crippen molar-refractivity contribution in [3.8, 4) is 0 Å². The molecular formula is C14H12N2O. The maximum Gasteiger partial charge on any atom is 0.211 e. The standard InChI is InChI=1S/C14H12N2O/c1-9-2-4-11-12-5-3-10(15-8-17)7-14(12)16-13(11)6-9/h2-8,16H,1H3,(H,15,17). The van der Waals surface area contributed by atoms with Crippen molar-refractivity contribution >= 4 is 33.9 Å². The number of carbonyl (C=O) groups is 1. The molecule has 17 heavy (non-hydrogen) atoms. The first-order valence-electron chi connectivity index (χ1n) is 5.50. The molecule has 0 unspecified atom stereocenters. The number of carbonyl (C=O) groups excluding carboxylic acids is 1. The van der Waals surface area contributed by atoms with Gasteiger partial charge in [0.2, 0.25) is 6.41 Å². The predicted octanol–water partition coefficient (Wildman–Crippen LogP) is 3.20.